The van der Waals surface area contributed by atoms with E-state index in [2.05, 4.69) is 27.8 Å². The van der Waals surface area contributed by atoms with E-state index in [1.54, 1.807) is 6.26 Å². The molecule has 0 aliphatic heterocycles. The Bertz CT molecular complexity index is 674. The lowest BCUT2D eigenvalue weighted by atomic mass is 9.86. The number of rotatable bonds is 7. The van der Waals surface area contributed by atoms with E-state index in [9.17, 15) is 4.79 Å². The number of anilines is 1. The molecule has 1 fully saturated rings. The zero-order valence-electron chi connectivity index (χ0n) is 14.5. The summed E-state index contributed by atoms with van der Waals surface area (Å²) in [7, 11) is 0. The van der Waals surface area contributed by atoms with Crippen LogP contribution in [-0.4, -0.2) is 27.4 Å². The summed E-state index contributed by atoms with van der Waals surface area (Å²) in [6.07, 6.45) is 6.41. The first-order chi connectivity index (χ1) is 12.1. The van der Waals surface area contributed by atoms with Gasteiger partial charge in [-0.1, -0.05) is 42.9 Å². The van der Waals surface area contributed by atoms with Gasteiger partial charge in [-0.25, -0.2) is 0 Å². The first-order valence-corrected chi connectivity index (χ1v) is 10.4. The van der Waals surface area contributed by atoms with Crippen molar-refractivity contribution in [3.05, 3.63) is 24.2 Å². The Hall–Kier alpha value is -1.54. The summed E-state index contributed by atoms with van der Waals surface area (Å²) < 4.78 is 6.07. The van der Waals surface area contributed by atoms with Crippen molar-refractivity contribution in [1.29, 1.82) is 0 Å². The summed E-state index contributed by atoms with van der Waals surface area (Å²) in [5, 5.41) is 15.2. The Morgan fingerprint density at radius 2 is 2.28 bits per heavy atom. The molecule has 1 aliphatic carbocycles. The number of thioether (sulfide) groups is 1. The molecule has 6 nitrogen and oxygen atoms in total. The van der Waals surface area contributed by atoms with Crippen molar-refractivity contribution in [3.8, 4) is 0 Å². The van der Waals surface area contributed by atoms with Crippen molar-refractivity contribution in [2.45, 2.75) is 61.7 Å². The summed E-state index contributed by atoms with van der Waals surface area (Å²) in [5.41, 5.74) is 0. The molecule has 2 heterocycles. The molecule has 1 saturated carbocycles. The smallest absolute Gasteiger partial charge is 0.233 e. The van der Waals surface area contributed by atoms with Crippen LogP contribution >= 0.6 is 23.1 Å². The van der Waals surface area contributed by atoms with Crippen LogP contribution in [0.3, 0.4) is 0 Å². The van der Waals surface area contributed by atoms with E-state index in [4.69, 9.17) is 4.42 Å². The van der Waals surface area contributed by atoms with Crippen LogP contribution in [0.2, 0.25) is 0 Å². The molecule has 136 valence electrons. The Balaban J connectivity index is 1.47. The maximum atomic E-state index is 12.4. The first kappa shape index (κ1) is 18.3. The second kappa shape index (κ2) is 8.71. The third-order valence-electron chi connectivity index (χ3n) is 4.49. The van der Waals surface area contributed by atoms with Gasteiger partial charge in [-0.3, -0.25) is 4.79 Å². The summed E-state index contributed by atoms with van der Waals surface area (Å²) in [6.45, 7) is 4.72. The Kier molecular flexibility index (Phi) is 6.36. The summed E-state index contributed by atoms with van der Waals surface area (Å²) in [5.74, 6) is 1.50. The molecule has 8 heteroatoms. The molecular formula is C17H24N4O2S2. The van der Waals surface area contributed by atoms with Gasteiger partial charge in [0.15, 0.2) is 4.34 Å². The minimum atomic E-state index is -0.181. The van der Waals surface area contributed by atoms with Crippen LogP contribution in [0.25, 0.3) is 0 Å². The fraction of sp³-hybridized carbons (Fsp3) is 0.588. The van der Waals surface area contributed by atoms with Crippen molar-refractivity contribution in [2.75, 3.05) is 5.32 Å². The van der Waals surface area contributed by atoms with E-state index >= 15 is 0 Å². The zero-order chi connectivity index (χ0) is 17.6. The molecule has 0 saturated heterocycles. The van der Waals surface area contributed by atoms with Crippen LogP contribution in [0.15, 0.2) is 27.2 Å². The van der Waals surface area contributed by atoms with Crippen LogP contribution in [-0.2, 0) is 11.3 Å². The number of aromatic nitrogens is 2. The third-order valence-corrected chi connectivity index (χ3v) is 6.55. The van der Waals surface area contributed by atoms with E-state index in [-0.39, 0.29) is 11.2 Å². The largest absolute Gasteiger partial charge is 0.467 e. The highest BCUT2D eigenvalue weighted by molar-refractivity contribution is 8.02. The quantitative estimate of drug-likeness (QED) is 0.709. The number of nitrogens with zero attached hydrogens (tertiary/aromatic N) is 2. The van der Waals surface area contributed by atoms with Gasteiger partial charge in [-0.05, 0) is 37.8 Å². The second-order valence-corrected chi connectivity index (χ2v) is 9.01. The molecule has 0 unspecified atom stereocenters. The number of carbonyl (C=O) groups is 1. The maximum Gasteiger partial charge on any atom is 0.233 e. The van der Waals surface area contributed by atoms with Gasteiger partial charge in [0.05, 0.1) is 18.1 Å². The molecule has 1 amide bonds. The van der Waals surface area contributed by atoms with E-state index in [1.165, 1.54) is 42.4 Å². The van der Waals surface area contributed by atoms with E-state index in [0.29, 0.717) is 18.5 Å². The Morgan fingerprint density at radius 3 is 3.04 bits per heavy atom. The van der Waals surface area contributed by atoms with Gasteiger partial charge in [0.2, 0.25) is 11.0 Å². The van der Waals surface area contributed by atoms with Crippen molar-refractivity contribution in [3.63, 3.8) is 0 Å². The normalized spacial score (nSPS) is 21.7. The Labute approximate surface area is 156 Å². The standard InChI is InChI=1S/C17H24N4O2S2/c1-11-6-3-4-8-14(11)19-15(22)12(2)24-17-21-20-16(25-17)18-10-13-7-5-9-23-13/h5,7,9,11-12,14H,3-4,6,8,10H2,1-2H3,(H,18,20)(H,19,22)/t11-,12-,14-/m1/s1. The van der Waals surface area contributed by atoms with E-state index < -0.39 is 0 Å². The highest BCUT2D eigenvalue weighted by Gasteiger charge is 2.25. The molecule has 2 aromatic heterocycles. The number of hydrogen-bond donors (Lipinski definition) is 2. The Morgan fingerprint density at radius 1 is 1.44 bits per heavy atom. The predicted molar refractivity (Wildman–Crippen MR) is 101 cm³/mol. The molecule has 0 aromatic carbocycles. The number of carbonyl (C=O) groups excluding carboxylic acids is 1. The molecule has 3 atom stereocenters. The van der Waals surface area contributed by atoms with Crippen LogP contribution < -0.4 is 10.6 Å². The SMILES string of the molecule is C[C@@H]1CCCC[C@H]1NC(=O)[C@@H](C)Sc1nnc(NCc2ccco2)s1. The molecular weight excluding hydrogens is 356 g/mol. The van der Waals surface area contributed by atoms with Crippen molar-refractivity contribution < 1.29 is 9.21 Å². The molecule has 0 radical (unpaired) electrons. The highest BCUT2D eigenvalue weighted by atomic mass is 32.2. The molecule has 2 N–H and O–H groups in total. The van der Waals surface area contributed by atoms with Crippen LogP contribution in [0, 0.1) is 5.92 Å². The van der Waals surface area contributed by atoms with Gasteiger partial charge in [-0.15, -0.1) is 10.2 Å². The van der Waals surface area contributed by atoms with Crippen LogP contribution in [0.4, 0.5) is 5.13 Å². The van der Waals surface area contributed by atoms with Crippen LogP contribution in [0.1, 0.15) is 45.3 Å². The molecule has 25 heavy (non-hydrogen) atoms. The highest BCUT2D eigenvalue weighted by Crippen LogP contribution is 2.30. The molecule has 0 bridgehead atoms. The molecule has 2 aromatic rings. The monoisotopic (exact) mass is 380 g/mol. The average Bonchev–Trinajstić information content (AvgIpc) is 3.26. The van der Waals surface area contributed by atoms with Gasteiger partial charge in [0.1, 0.15) is 5.76 Å². The lowest BCUT2D eigenvalue weighted by molar-refractivity contribution is -0.121. The lowest BCUT2D eigenvalue weighted by Crippen LogP contribution is -2.44. The summed E-state index contributed by atoms with van der Waals surface area (Å²) in [6, 6.07) is 4.07. The fourth-order valence-electron chi connectivity index (χ4n) is 2.94. The van der Waals surface area contributed by atoms with Gasteiger partial charge in [-0.2, -0.15) is 0 Å². The minimum absolute atomic E-state index is 0.0871. The van der Waals surface area contributed by atoms with Gasteiger partial charge in [0, 0.05) is 6.04 Å². The van der Waals surface area contributed by atoms with Gasteiger partial charge < -0.3 is 15.1 Å². The summed E-state index contributed by atoms with van der Waals surface area (Å²) >= 11 is 2.91. The number of nitrogens with one attached hydrogen (secondary N) is 2. The molecule has 1 aliphatic rings. The number of hydrogen-bond acceptors (Lipinski definition) is 7. The van der Waals surface area contributed by atoms with Crippen molar-refractivity contribution in [1.82, 2.24) is 15.5 Å². The van der Waals surface area contributed by atoms with Crippen LogP contribution in [0.5, 0.6) is 0 Å². The molecule has 3 rings (SSSR count). The van der Waals surface area contributed by atoms with Crippen molar-refractivity contribution >= 4 is 34.1 Å². The van der Waals surface area contributed by atoms with E-state index in [0.717, 1.165) is 21.7 Å². The summed E-state index contributed by atoms with van der Waals surface area (Å²) in [4.78, 5) is 12.4. The van der Waals surface area contributed by atoms with Gasteiger partial charge >= 0.3 is 0 Å². The predicted octanol–water partition coefficient (Wildman–Crippen LogP) is 3.92. The molecule has 0 spiro atoms. The topological polar surface area (TPSA) is 80.0 Å². The maximum absolute atomic E-state index is 12.4. The number of furan rings is 1. The second-order valence-electron chi connectivity index (χ2n) is 6.44. The third kappa shape index (κ3) is 5.22. The number of amides is 1. The lowest BCUT2D eigenvalue weighted by Gasteiger charge is -2.30. The average molecular weight is 381 g/mol. The zero-order valence-corrected chi connectivity index (χ0v) is 16.2. The van der Waals surface area contributed by atoms with E-state index in [1.807, 2.05) is 19.1 Å². The minimum Gasteiger partial charge on any atom is -0.467 e. The van der Waals surface area contributed by atoms with Crippen molar-refractivity contribution in [2.24, 2.45) is 5.92 Å². The fourth-order valence-corrected chi connectivity index (χ4v) is 4.84. The van der Waals surface area contributed by atoms with Gasteiger partial charge in [0.25, 0.3) is 0 Å². The first-order valence-electron chi connectivity index (χ1n) is 8.68.